The Morgan fingerprint density at radius 2 is 1.69 bits per heavy atom. The number of aromatic hydroxyl groups is 2. The first kappa shape index (κ1) is 24.6. The molecule has 0 radical (unpaired) electrons. The molecule has 1 aromatic heterocycles. The van der Waals surface area contributed by atoms with Gasteiger partial charge < -0.3 is 54.0 Å². The number of aliphatic hydroxyl groups is 4. The largest absolute Gasteiger partial charge is 0.507 e. The van der Waals surface area contributed by atoms with Gasteiger partial charge in [0.15, 0.2) is 17.3 Å². The van der Waals surface area contributed by atoms with Crippen molar-refractivity contribution in [1.29, 1.82) is 0 Å². The molecular weight excluding hydrogens is 468 g/mol. The van der Waals surface area contributed by atoms with Gasteiger partial charge >= 0.3 is 0 Å². The number of benzene rings is 2. The van der Waals surface area contributed by atoms with Gasteiger partial charge in [-0.25, -0.2) is 0 Å². The number of ether oxygens (including phenoxy) is 4. The zero-order valence-corrected chi connectivity index (χ0v) is 18.6. The van der Waals surface area contributed by atoms with Gasteiger partial charge in [0.2, 0.25) is 17.5 Å². The first-order valence-electron chi connectivity index (χ1n) is 10.4. The van der Waals surface area contributed by atoms with Crippen LogP contribution in [-0.2, 0) is 4.74 Å². The molecule has 1 aliphatic rings. The lowest BCUT2D eigenvalue weighted by Gasteiger charge is -2.39. The van der Waals surface area contributed by atoms with Crippen molar-refractivity contribution in [3.05, 3.63) is 40.6 Å². The Kier molecular flexibility index (Phi) is 6.74. The third-order valence-electron chi connectivity index (χ3n) is 5.67. The number of phenols is 2. The normalized spacial score (nSPS) is 24.3. The Balaban J connectivity index is 1.91. The van der Waals surface area contributed by atoms with Crippen LogP contribution in [-0.4, -0.2) is 82.2 Å². The van der Waals surface area contributed by atoms with Crippen molar-refractivity contribution in [1.82, 2.24) is 0 Å². The van der Waals surface area contributed by atoms with Gasteiger partial charge in [-0.05, 0) is 18.2 Å². The molecule has 0 saturated carbocycles. The van der Waals surface area contributed by atoms with E-state index in [0.29, 0.717) is 0 Å². The van der Waals surface area contributed by atoms with Crippen LogP contribution in [0.25, 0.3) is 22.3 Å². The maximum atomic E-state index is 13.5. The van der Waals surface area contributed by atoms with Crippen molar-refractivity contribution in [3.63, 3.8) is 0 Å². The van der Waals surface area contributed by atoms with Crippen LogP contribution < -0.4 is 19.6 Å². The zero-order chi connectivity index (χ0) is 25.4. The molecule has 0 aliphatic carbocycles. The highest BCUT2D eigenvalue weighted by Crippen LogP contribution is 2.39. The molecule has 12 nitrogen and oxygen atoms in total. The number of phenolic OH excluding ortho intramolecular Hbond substituents is 2. The van der Waals surface area contributed by atoms with Crippen molar-refractivity contribution >= 4 is 11.0 Å². The Hall–Kier alpha value is -3.55. The molecule has 0 spiro atoms. The van der Waals surface area contributed by atoms with E-state index >= 15 is 0 Å². The summed E-state index contributed by atoms with van der Waals surface area (Å²) in [5.41, 5.74) is -0.781. The molecule has 6 N–H and O–H groups in total. The molecule has 0 unspecified atom stereocenters. The maximum absolute atomic E-state index is 13.5. The summed E-state index contributed by atoms with van der Waals surface area (Å²) < 4.78 is 27.0. The molecule has 1 aliphatic heterocycles. The van der Waals surface area contributed by atoms with Crippen LogP contribution in [0.4, 0.5) is 0 Å². The fourth-order valence-electron chi connectivity index (χ4n) is 3.78. The predicted molar refractivity (Wildman–Crippen MR) is 119 cm³/mol. The van der Waals surface area contributed by atoms with E-state index in [1.807, 2.05) is 0 Å². The average Bonchev–Trinajstić information content (AvgIpc) is 2.85. The summed E-state index contributed by atoms with van der Waals surface area (Å²) in [6.45, 7) is -0.711. The summed E-state index contributed by atoms with van der Waals surface area (Å²) in [6.07, 6.45) is -8.22. The Morgan fingerprint density at radius 3 is 2.31 bits per heavy atom. The van der Waals surface area contributed by atoms with Crippen LogP contribution in [0.15, 0.2) is 39.5 Å². The first-order valence-corrected chi connectivity index (χ1v) is 10.4. The van der Waals surface area contributed by atoms with Crippen LogP contribution in [0.5, 0.6) is 28.7 Å². The molecule has 0 amide bonds. The number of fused-ring (bicyclic) bond motifs is 1. The fourth-order valence-corrected chi connectivity index (χ4v) is 3.78. The molecule has 188 valence electrons. The van der Waals surface area contributed by atoms with E-state index in [-0.39, 0.29) is 39.5 Å². The molecule has 2 aromatic carbocycles. The standard InChI is InChI=1S/C23H24O12/c1-31-10-6-12(26)16-14(7-10)33-21(9-3-4-13(32-2)11(25)5-9)22(18(16)28)35-23-20(30)19(29)17(27)15(8-24)34-23/h3-7,15,17,19-20,23-27,29-30H,8H2,1-2H3/t15-,17+,19-,20-,23+/m1/s1. The monoisotopic (exact) mass is 492 g/mol. The van der Waals surface area contributed by atoms with Crippen LogP contribution in [0.3, 0.4) is 0 Å². The molecule has 12 heteroatoms. The van der Waals surface area contributed by atoms with Crippen molar-refractivity contribution < 1.29 is 54.0 Å². The smallest absolute Gasteiger partial charge is 0.239 e. The number of rotatable bonds is 6. The van der Waals surface area contributed by atoms with Crippen molar-refractivity contribution in [2.75, 3.05) is 20.8 Å². The fraction of sp³-hybridized carbons (Fsp3) is 0.348. The molecule has 3 aromatic rings. The summed E-state index contributed by atoms with van der Waals surface area (Å²) in [5.74, 6) is -1.16. The van der Waals surface area contributed by atoms with Gasteiger partial charge in [0.1, 0.15) is 46.9 Å². The summed E-state index contributed by atoms with van der Waals surface area (Å²) in [4.78, 5) is 13.5. The molecule has 5 atom stereocenters. The molecule has 2 heterocycles. The minimum Gasteiger partial charge on any atom is -0.507 e. The van der Waals surface area contributed by atoms with E-state index in [4.69, 9.17) is 23.4 Å². The molecule has 4 rings (SSSR count). The average molecular weight is 492 g/mol. The summed E-state index contributed by atoms with van der Waals surface area (Å²) in [7, 11) is 2.71. The second-order valence-electron chi connectivity index (χ2n) is 7.81. The van der Waals surface area contributed by atoms with Gasteiger partial charge in [0.05, 0.1) is 20.8 Å². The maximum Gasteiger partial charge on any atom is 0.239 e. The van der Waals surface area contributed by atoms with Gasteiger partial charge in [-0.1, -0.05) is 0 Å². The molecule has 0 bridgehead atoms. The molecule has 1 fully saturated rings. The van der Waals surface area contributed by atoms with Crippen molar-refractivity contribution in [2.24, 2.45) is 0 Å². The van der Waals surface area contributed by atoms with Crippen LogP contribution in [0.1, 0.15) is 0 Å². The number of hydrogen-bond donors (Lipinski definition) is 6. The van der Waals surface area contributed by atoms with E-state index in [2.05, 4.69) is 0 Å². The molecular formula is C23H24O12. The molecule has 35 heavy (non-hydrogen) atoms. The van der Waals surface area contributed by atoms with Crippen LogP contribution in [0.2, 0.25) is 0 Å². The lowest BCUT2D eigenvalue weighted by Crippen LogP contribution is -2.60. The Morgan fingerprint density at radius 1 is 0.943 bits per heavy atom. The third-order valence-corrected chi connectivity index (χ3v) is 5.67. The first-order chi connectivity index (χ1) is 16.7. The SMILES string of the molecule is COc1cc(O)c2c(=O)c(O[C@@H]3O[C@H](CO)[C@H](O)[C@@H](O)[C@H]3O)c(-c3ccc(OC)c(O)c3)oc2c1. The summed E-state index contributed by atoms with van der Waals surface area (Å²) >= 11 is 0. The van der Waals surface area contributed by atoms with Gasteiger partial charge in [-0.15, -0.1) is 0 Å². The summed E-state index contributed by atoms with van der Waals surface area (Å²) in [6, 6.07) is 6.66. The quantitative estimate of drug-likeness (QED) is 0.272. The van der Waals surface area contributed by atoms with Crippen LogP contribution in [0, 0.1) is 0 Å². The van der Waals surface area contributed by atoms with E-state index in [1.54, 1.807) is 0 Å². The predicted octanol–water partition coefficient (Wildman–Crippen LogP) is 0.0671. The van der Waals surface area contributed by atoms with Crippen molar-refractivity contribution in [2.45, 2.75) is 30.7 Å². The minimum atomic E-state index is -1.82. The highest BCUT2D eigenvalue weighted by atomic mass is 16.7. The number of aliphatic hydroxyl groups excluding tert-OH is 4. The Labute approximate surface area is 197 Å². The Bertz CT molecular complexity index is 1280. The lowest BCUT2D eigenvalue weighted by molar-refractivity contribution is -0.277. The zero-order valence-electron chi connectivity index (χ0n) is 18.6. The van der Waals surface area contributed by atoms with Gasteiger partial charge in [0.25, 0.3) is 0 Å². The molecule has 1 saturated heterocycles. The number of hydrogen-bond acceptors (Lipinski definition) is 12. The second-order valence-corrected chi connectivity index (χ2v) is 7.81. The van der Waals surface area contributed by atoms with E-state index in [9.17, 15) is 35.4 Å². The highest BCUT2D eigenvalue weighted by Gasteiger charge is 2.45. The lowest BCUT2D eigenvalue weighted by atomic mass is 9.99. The van der Waals surface area contributed by atoms with Crippen LogP contribution >= 0.6 is 0 Å². The van der Waals surface area contributed by atoms with Gasteiger partial charge in [-0.3, -0.25) is 4.79 Å². The topological polar surface area (TPSA) is 189 Å². The van der Waals surface area contributed by atoms with E-state index < -0.39 is 54.2 Å². The van der Waals surface area contributed by atoms with Gasteiger partial charge in [-0.2, -0.15) is 0 Å². The highest BCUT2D eigenvalue weighted by molar-refractivity contribution is 5.88. The minimum absolute atomic E-state index is 0.0710. The van der Waals surface area contributed by atoms with E-state index in [0.717, 1.165) is 0 Å². The van der Waals surface area contributed by atoms with Crippen molar-refractivity contribution in [3.8, 4) is 40.1 Å². The third kappa shape index (κ3) is 4.33. The second kappa shape index (κ2) is 9.60. The number of methoxy groups -OCH3 is 2. The van der Waals surface area contributed by atoms with Gasteiger partial charge in [0, 0.05) is 17.7 Å². The van der Waals surface area contributed by atoms with E-state index in [1.165, 1.54) is 44.6 Å². The summed E-state index contributed by atoms with van der Waals surface area (Å²) in [5, 5.41) is 60.4.